The second kappa shape index (κ2) is 6.62. The van der Waals surface area contributed by atoms with E-state index in [2.05, 4.69) is 24.9 Å². The summed E-state index contributed by atoms with van der Waals surface area (Å²) in [7, 11) is 3.75. The maximum absolute atomic E-state index is 8.92. The van der Waals surface area contributed by atoms with Crippen molar-refractivity contribution < 1.29 is 9.47 Å². The molecule has 1 saturated heterocycles. The molecule has 0 amide bonds. The van der Waals surface area contributed by atoms with E-state index in [1.165, 1.54) is 12.8 Å². The molecule has 0 aliphatic carbocycles. The number of nitriles is 1. The number of nitrogens with zero attached hydrogens (tertiary/aromatic N) is 2. The molecular formula is C16H22N2O2. The molecule has 108 valence electrons. The van der Waals surface area contributed by atoms with Gasteiger partial charge in [0.1, 0.15) is 6.10 Å². The summed E-state index contributed by atoms with van der Waals surface area (Å²) in [5.74, 6) is 1.33. The van der Waals surface area contributed by atoms with Gasteiger partial charge in [-0.3, -0.25) is 4.90 Å². The minimum atomic E-state index is 0.0992. The molecule has 0 saturated carbocycles. The van der Waals surface area contributed by atoms with Crippen molar-refractivity contribution in [1.29, 1.82) is 5.26 Å². The first-order chi connectivity index (χ1) is 9.65. The van der Waals surface area contributed by atoms with Crippen LogP contribution >= 0.6 is 0 Å². The third-order valence-electron chi connectivity index (χ3n) is 3.97. The fraction of sp³-hybridized carbons (Fsp3) is 0.562. The normalized spacial score (nSPS) is 21.0. The molecular weight excluding hydrogens is 252 g/mol. The third kappa shape index (κ3) is 3.23. The zero-order valence-electron chi connectivity index (χ0n) is 12.4. The zero-order valence-corrected chi connectivity index (χ0v) is 12.4. The number of piperidine rings is 1. The van der Waals surface area contributed by atoms with Gasteiger partial charge in [-0.25, -0.2) is 0 Å². The maximum Gasteiger partial charge on any atom is 0.162 e. The summed E-state index contributed by atoms with van der Waals surface area (Å²) in [6, 6.07) is 7.83. The van der Waals surface area contributed by atoms with Crippen molar-refractivity contribution in [2.45, 2.75) is 38.3 Å². The van der Waals surface area contributed by atoms with Crippen LogP contribution < -0.4 is 9.47 Å². The Labute approximate surface area is 120 Å². The highest BCUT2D eigenvalue weighted by molar-refractivity contribution is 5.46. The third-order valence-corrected chi connectivity index (χ3v) is 3.97. The molecule has 1 fully saturated rings. The van der Waals surface area contributed by atoms with E-state index in [9.17, 15) is 0 Å². The van der Waals surface area contributed by atoms with Crippen LogP contribution in [0.3, 0.4) is 0 Å². The molecule has 2 atom stereocenters. The number of likely N-dealkylation sites (N-methyl/N-ethyl adjacent to an activating group) is 1. The Morgan fingerprint density at radius 3 is 2.80 bits per heavy atom. The van der Waals surface area contributed by atoms with Gasteiger partial charge in [-0.15, -0.1) is 0 Å². The van der Waals surface area contributed by atoms with Gasteiger partial charge in [-0.1, -0.05) is 6.42 Å². The van der Waals surface area contributed by atoms with E-state index in [1.807, 2.05) is 6.07 Å². The van der Waals surface area contributed by atoms with Crippen molar-refractivity contribution in [3.05, 3.63) is 23.8 Å². The number of hydrogen-bond donors (Lipinski definition) is 0. The average molecular weight is 274 g/mol. The number of rotatable bonds is 4. The van der Waals surface area contributed by atoms with Crippen LogP contribution in [0, 0.1) is 11.3 Å². The van der Waals surface area contributed by atoms with Crippen LogP contribution in [0.15, 0.2) is 18.2 Å². The lowest BCUT2D eigenvalue weighted by atomic mass is 9.99. The fourth-order valence-corrected chi connectivity index (χ4v) is 2.81. The summed E-state index contributed by atoms with van der Waals surface area (Å²) in [6.45, 7) is 3.23. The first-order valence-corrected chi connectivity index (χ1v) is 7.10. The van der Waals surface area contributed by atoms with Crippen LogP contribution in [-0.2, 0) is 0 Å². The van der Waals surface area contributed by atoms with E-state index in [0.29, 0.717) is 23.1 Å². The Kier molecular flexibility index (Phi) is 4.86. The van der Waals surface area contributed by atoms with Crippen LogP contribution in [0.4, 0.5) is 0 Å². The second-order valence-electron chi connectivity index (χ2n) is 5.34. The smallest absolute Gasteiger partial charge is 0.162 e. The van der Waals surface area contributed by atoms with E-state index in [0.717, 1.165) is 13.0 Å². The van der Waals surface area contributed by atoms with Crippen LogP contribution in [0.25, 0.3) is 0 Å². The van der Waals surface area contributed by atoms with Gasteiger partial charge in [0.15, 0.2) is 11.5 Å². The molecule has 2 unspecified atom stereocenters. The van der Waals surface area contributed by atoms with Crippen molar-refractivity contribution in [2.24, 2.45) is 0 Å². The molecule has 0 spiro atoms. The largest absolute Gasteiger partial charge is 0.493 e. The summed E-state index contributed by atoms with van der Waals surface area (Å²) in [6.07, 6.45) is 3.78. The van der Waals surface area contributed by atoms with Crippen molar-refractivity contribution in [3.8, 4) is 17.6 Å². The molecule has 1 heterocycles. The molecule has 1 aromatic rings. The van der Waals surface area contributed by atoms with Gasteiger partial charge in [0.05, 0.1) is 18.7 Å². The number of methoxy groups -OCH3 is 1. The Hall–Kier alpha value is -1.73. The monoisotopic (exact) mass is 274 g/mol. The highest BCUT2D eigenvalue weighted by Gasteiger charge is 2.26. The Morgan fingerprint density at radius 1 is 1.35 bits per heavy atom. The van der Waals surface area contributed by atoms with Gasteiger partial charge in [-0.05, 0) is 45.5 Å². The minimum Gasteiger partial charge on any atom is -0.493 e. The Balaban J connectivity index is 2.11. The van der Waals surface area contributed by atoms with E-state index < -0.39 is 0 Å². The first kappa shape index (κ1) is 14.7. The second-order valence-corrected chi connectivity index (χ2v) is 5.34. The average Bonchev–Trinajstić information content (AvgIpc) is 2.48. The standard InChI is InChI=1S/C16H22N2O2/c1-12(14-6-4-5-9-18(14)2)20-15-8-7-13(11-17)10-16(15)19-3/h7-8,10,12,14H,4-6,9H2,1-3H3. The number of likely N-dealkylation sites (tertiary alicyclic amines) is 1. The van der Waals surface area contributed by atoms with Crippen molar-refractivity contribution in [1.82, 2.24) is 4.90 Å². The number of hydrogen-bond acceptors (Lipinski definition) is 4. The molecule has 4 nitrogen and oxygen atoms in total. The number of ether oxygens (including phenoxy) is 2. The van der Waals surface area contributed by atoms with Crippen LogP contribution in [-0.4, -0.2) is 37.7 Å². The summed E-state index contributed by atoms with van der Waals surface area (Å²) >= 11 is 0. The SMILES string of the molecule is COc1cc(C#N)ccc1OC(C)C1CCCCN1C. The van der Waals surface area contributed by atoms with Crippen LogP contribution in [0.2, 0.25) is 0 Å². The van der Waals surface area contributed by atoms with Crippen molar-refractivity contribution >= 4 is 0 Å². The molecule has 1 aliphatic rings. The summed E-state index contributed by atoms with van der Waals surface area (Å²) < 4.78 is 11.4. The predicted molar refractivity (Wildman–Crippen MR) is 78.1 cm³/mol. The highest BCUT2D eigenvalue weighted by Crippen LogP contribution is 2.30. The van der Waals surface area contributed by atoms with E-state index in [-0.39, 0.29) is 6.10 Å². The predicted octanol–water partition coefficient (Wildman–Crippen LogP) is 2.82. The lowest BCUT2D eigenvalue weighted by molar-refractivity contribution is 0.0668. The minimum absolute atomic E-state index is 0.0992. The molecule has 1 aliphatic heterocycles. The quantitative estimate of drug-likeness (QED) is 0.847. The maximum atomic E-state index is 8.92. The van der Waals surface area contributed by atoms with Crippen molar-refractivity contribution in [3.63, 3.8) is 0 Å². The Bertz CT molecular complexity index is 496. The summed E-state index contributed by atoms with van der Waals surface area (Å²) in [4.78, 5) is 2.37. The molecule has 20 heavy (non-hydrogen) atoms. The molecule has 1 aromatic carbocycles. The highest BCUT2D eigenvalue weighted by atomic mass is 16.5. The lowest BCUT2D eigenvalue weighted by Crippen LogP contribution is -2.45. The molecule has 0 N–H and O–H groups in total. The van der Waals surface area contributed by atoms with Crippen LogP contribution in [0.1, 0.15) is 31.7 Å². The van der Waals surface area contributed by atoms with E-state index in [1.54, 1.807) is 19.2 Å². The molecule has 0 bridgehead atoms. The van der Waals surface area contributed by atoms with Gasteiger partial charge in [0.25, 0.3) is 0 Å². The zero-order chi connectivity index (χ0) is 14.5. The summed E-state index contributed by atoms with van der Waals surface area (Å²) in [5, 5.41) is 8.92. The molecule has 0 aromatic heterocycles. The molecule has 2 rings (SSSR count). The van der Waals surface area contributed by atoms with Crippen molar-refractivity contribution in [2.75, 3.05) is 20.7 Å². The van der Waals surface area contributed by atoms with Gasteiger partial charge < -0.3 is 9.47 Å². The van der Waals surface area contributed by atoms with Gasteiger partial charge in [-0.2, -0.15) is 5.26 Å². The van der Waals surface area contributed by atoms with Gasteiger partial charge in [0.2, 0.25) is 0 Å². The molecule has 0 radical (unpaired) electrons. The van der Waals surface area contributed by atoms with E-state index in [4.69, 9.17) is 14.7 Å². The fourth-order valence-electron chi connectivity index (χ4n) is 2.81. The first-order valence-electron chi connectivity index (χ1n) is 7.10. The lowest BCUT2D eigenvalue weighted by Gasteiger charge is -2.36. The van der Waals surface area contributed by atoms with Gasteiger partial charge in [0, 0.05) is 12.1 Å². The van der Waals surface area contributed by atoms with Gasteiger partial charge >= 0.3 is 0 Å². The van der Waals surface area contributed by atoms with E-state index >= 15 is 0 Å². The Morgan fingerprint density at radius 2 is 2.15 bits per heavy atom. The molecule has 4 heteroatoms. The summed E-state index contributed by atoms with van der Waals surface area (Å²) in [5.41, 5.74) is 0.580. The van der Waals surface area contributed by atoms with Crippen LogP contribution in [0.5, 0.6) is 11.5 Å². The topological polar surface area (TPSA) is 45.5 Å². The number of benzene rings is 1.